The number of halogens is 1. The van der Waals surface area contributed by atoms with Crippen molar-refractivity contribution >= 4 is 33.0 Å². The molecular weight excluding hydrogens is 342 g/mol. The van der Waals surface area contributed by atoms with Crippen LogP contribution < -0.4 is 5.56 Å². The number of aldehydes is 1. The van der Waals surface area contributed by atoms with Crippen molar-refractivity contribution in [2.24, 2.45) is 0 Å². The minimum Gasteiger partial charge on any atom is -0.321 e. The van der Waals surface area contributed by atoms with E-state index in [9.17, 15) is 9.59 Å². The summed E-state index contributed by atoms with van der Waals surface area (Å²) >= 11 is 3.45. The second kappa shape index (κ2) is 7.18. The minimum atomic E-state index is -0.197. The Morgan fingerprint density at radius 1 is 0.955 bits per heavy atom. The van der Waals surface area contributed by atoms with Gasteiger partial charge in [0.1, 0.15) is 0 Å². The first-order chi connectivity index (χ1) is 10.7. The highest BCUT2D eigenvalue weighted by Gasteiger charge is 2.13. The van der Waals surface area contributed by atoms with Gasteiger partial charge < -0.3 is 4.98 Å². The van der Waals surface area contributed by atoms with Crippen molar-refractivity contribution in [1.82, 2.24) is 4.98 Å². The van der Waals surface area contributed by atoms with Crippen LogP contribution in [0.3, 0.4) is 0 Å². The van der Waals surface area contributed by atoms with Crippen LogP contribution in [0.2, 0.25) is 0 Å². The largest absolute Gasteiger partial charge is 0.321 e. The number of aromatic amines is 1. The van der Waals surface area contributed by atoms with E-state index in [-0.39, 0.29) is 5.56 Å². The molecule has 3 rings (SSSR count). The van der Waals surface area contributed by atoms with Crippen LogP contribution in [0.5, 0.6) is 0 Å². The second-order valence-electron chi connectivity index (χ2n) is 4.39. The number of benzene rings is 2. The predicted octanol–water partition coefficient (Wildman–Crippen LogP) is 4.80. The van der Waals surface area contributed by atoms with Crippen LogP contribution in [0.25, 0.3) is 22.0 Å². The molecule has 4 heteroatoms. The lowest BCUT2D eigenvalue weighted by Gasteiger charge is -2.10. The van der Waals surface area contributed by atoms with Gasteiger partial charge in [-0.2, -0.15) is 0 Å². The topological polar surface area (TPSA) is 49.9 Å². The van der Waals surface area contributed by atoms with Crippen LogP contribution in [0, 0.1) is 0 Å². The quantitative estimate of drug-likeness (QED) is 0.669. The number of rotatable bonds is 2. The van der Waals surface area contributed by atoms with Gasteiger partial charge in [0.25, 0.3) is 5.56 Å². The van der Waals surface area contributed by atoms with E-state index >= 15 is 0 Å². The van der Waals surface area contributed by atoms with E-state index in [0.717, 1.165) is 16.3 Å². The number of pyridine rings is 1. The van der Waals surface area contributed by atoms with Crippen molar-refractivity contribution in [3.63, 3.8) is 0 Å². The predicted molar refractivity (Wildman–Crippen MR) is 94.4 cm³/mol. The van der Waals surface area contributed by atoms with Crippen LogP contribution in [-0.2, 0) is 0 Å². The molecule has 0 saturated heterocycles. The Kier molecular flexibility index (Phi) is 5.28. The van der Waals surface area contributed by atoms with Crippen molar-refractivity contribution in [2.45, 2.75) is 13.8 Å². The van der Waals surface area contributed by atoms with Crippen molar-refractivity contribution in [3.8, 4) is 11.3 Å². The van der Waals surface area contributed by atoms with Crippen LogP contribution >= 0.6 is 15.9 Å². The average Bonchev–Trinajstić information content (AvgIpc) is 2.57. The number of aromatic nitrogens is 1. The summed E-state index contributed by atoms with van der Waals surface area (Å²) in [6, 6.07) is 14.6. The Morgan fingerprint density at radius 3 is 2.18 bits per heavy atom. The molecular formula is C18H16BrNO2. The number of hydrogen-bond acceptors (Lipinski definition) is 2. The van der Waals surface area contributed by atoms with Gasteiger partial charge >= 0.3 is 0 Å². The highest BCUT2D eigenvalue weighted by Crippen LogP contribution is 2.30. The maximum absolute atomic E-state index is 12.2. The molecule has 0 aliphatic rings. The molecule has 0 spiro atoms. The first-order valence-electron chi connectivity index (χ1n) is 7.07. The maximum Gasteiger partial charge on any atom is 0.256 e. The zero-order chi connectivity index (χ0) is 16.1. The van der Waals surface area contributed by atoms with Gasteiger partial charge in [0, 0.05) is 21.0 Å². The Balaban J connectivity index is 0.000000847. The van der Waals surface area contributed by atoms with Crippen LogP contribution in [-0.4, -0.2) is 11.3 Å². The normalized spacial score (nSPS) is 9.95. The summed E-state index contributed by atoms with van der Waals surface area (Å²) in [6.45, 7) is 4.00. The van der Waals surface area contributed by atoms with Gasteiger partial charge in [-0.15, -0.1) is 0 Å². The maximum atomic E-state index is 12.2. The summed E-state index contributed by atoms with van der Waals surface area (Å²) in [7, 11) is 0. The third-order valence-corrected chi connectivity index (χ3v) is 3.92. The van der Waals surface area contributed by atoms with Crippen molar-refractivity contribution in [2.75, 3.05) is 0 Å². The SMILES string of the molecule is CC.O=Cc1c(-c2ccccc2Br)[nH]c(=O)c2ccccc12. The highest BCUT2D eigenvalue weighted by atomic mass is 79.9. The third-order valence-electron chi connectivity index (χ3n) is 3.23. The number of nitrogens with one attached hydrogen (secondary N) is 1. The van der Waals surface area contributed by atoms with Crippen LogP contribution in [0.15, 0.2) is 57.8 Å². The van der Waals surface area contributed by atoms with E-state index in [1.54, 1.807) is 18.2 Å². The Bertz CT molecular complexity index is 868. The molecule has 1 heterocycles. The molecule has 3 nitrogen and oxygen atoms in total. The van der Waals surface area contributed by atoms with Crippen LogP contribution in [0.4, 0.5) is 0 Å². The molecule has 0 fully saturated rings. The first kappa shape index (κ1) is 16.2. The molecule has 0 saturated carbocycles. The van der Waals surface area contributed by atoms with Gasteiger partial charge in [-0.3, -0.25) is 9.59 Å². The van der Waals surface area contributed by atoms with Gasteiger partial charge in [0.15, 0.2) is 6.29 Å². The number of carbonyl (C=O) groups excluding carboxylic acids is 1. The molecule has 0 unspecified atom stereocenters. The Morgan fingerprint density at radius 2 is 1.55 bits per heavy atom. The molecule has 0 radical (unpaired) electrons. The van der Waals surface area contributed by atoms with E-state index in [1.165, 1.54) is 0 Å². The fraction of sp³-hybridized carbons (Fsp3) is 0.111. The molecule has 3 aromatic rings. The zero-order valence-electron chi connectivity index (χ0n) is 12.4. The molecule has 22 heavy (non-hydrogen) atoms. The molecule has 1 aromatic heterocycles. The molecule has 0 bridgehead atoms. The summed E-state index contributed by atoms with van der Waals surface area (Å²) in [5, 5.41) is 1.18. The molecule has 112 valence electrons. The molecule has 0 aliphatic carbocycles. The lowest BCUT2D eigenvalue weighted by molar-refractivity contribution is 0.112. The molecule has 0 aliphatic heterocycles. The van der Waals surface area contributed by atoms with Gasteiger partial charge in [-0.1, -0.05) is 66.2 Å². The lowest BCUT2D eigenvalue weighted by atomic mass is 10.0. The smallest absolute Gasteiger partial charge is 0.256 e. The summed E-state index contributed by atoms with van der Waals surface area (Å²) in [5.41, 5.74) is 1.62. The summed E-state index contributed by atoms with van der Waals surface area (Å²) in [4.78, 5) is 26.5. The molecule has 1 N–H and O–H groups in total. The van der Waals surface area contributed by atoms with Crippen molar-refractivity contribution in [1.29, 1.82) is 0 Å². The molecule has 0 atom stereocenters. The monoisotopic (exact) mass is 357 g/mol. The van der Waals surface area contributed by atoms with E-state index in [0.29, 0.717) is 22.0 Å². The van der Waals surface area contributed by atoms with E-state index in [4.69, 9.17) is 0 Å². The fourth-order valence-corrected chi connectivity index (χ4v) is 2.78. The summed E-state index contributed by atoms with van der Waals surface area (Å²) in [5.74, 6) is 0. The van der Waals surface area contributed by atoms with Gasteiger partial charge in [0.2, 0.25) is 0 Å². The lowest BCUT2D eigenvalue weighted by Crippen LogP contribution is -2.10. The Hall–Kier alpha value is -2.20. The van der Waals surface area contributed by atoms with Gasteiger partial charge in [-0.25, -0.2) is 0 Å². The van der Waals surface area contributed by atoms with Crippen molar-refractivity contribution < 1.29 is 4.79 Å². The van der Waals surface area contributed by atoms with E-state index in [1.807, 2.05) is 44.2 Å². The second-order valence-corrected chi connectivity index (χ2v) is 5.24. The number of fused-ring (bicyclic) bond motifs is 1. The number of H-pyrrole nitrogens is 1. The number of carbonyl (C=O) groups is 1. The van der Waals surface area contributed by atoms with Gasteiger partial charge in [-0.05, 0) is 17.5 Å². The highest BCUT2D eigenvalue weighted by molar-refractivity contribution is 9.10. The first-order valence-corrected chi connectivity index (χ1v) is 7.87. The average molecular weight is 358 g/mol. The van der Waals surface area contributed by atoms with E-state index < -0.39 is 0 Å². The molecule has 2 aromatic carbocycles. The van der Waals surface area contributed by atoms with Crippen LogP contribution in [0.1, 0.15) is 24.2 Å². The standard InChI is InChI=1S/C16H10BrNO2.C2H6/c17-14-8-4-3-7-12(14)15-13(9-19)10-5-1-2-6-11(10)16(20)18-15;1-2/h1-9H,(H,18,20);1-2H3. The van der Waals surface area contributed by atoms with E-state index in [2.05, 4.69) is 20.9 Å². The third kappa shape index (κ3) is 2.88. The molecule has 0 amide bonds. The zero-order valence-corrected chi connectivity index (χ0v) is 14.0. The Labute approximate surface area is 137 Å². The van der Waals surface area contributed by atoms with Crippen molar-refractivity contribution in [3.05, 3.63) is 68.9 Å². The minimum absolute atomic E-state index is 0.197. The summed E-state index contributed by atoms with van der Waals surface area (Å²) in [6.07, 6.45) is 0.785. The van der Waals surface area contributed by atoms with Gasteiger partial charge in [0.05, 0.1) is 5.69 Å². The summed E-state index contributed by atoms with van der Waals surface area (Å²) < 4.78 is 0.828. The fourth-order valence-electron chi connectivity index (χ4n) is 2.30. The number of hydrogen-bond donors (Lipinski definition) is 1.